The summed E-state index contributed by atoms with van der Waals surface area (Å²) in [6, 6.07) is 7.53. The number of carbonyl (C=O) groups excluding carboxylic acids is 1. The van der Waals surface area contributed by atoms with Crippen LogP contribution in [0.15, 0.2) is 24.3 Å². The lowest BCUT2D eigenvalue weighted by atomic mass is 9.43. The number of benzene rings is 1. The number of hydrogen-bond acceptors (Lipinski definition) is 2. The Kier molecular flexibility index (Phi) is 3.46. The van der Waals surface area contributed by atoms with E-state index in [0.717, 1.165) is 36.3 Å². The zero-order chi connectivity index (χ0) is 17.2. The van der Waals surface area contributed by atoms with Gasteiger partial charge in [-0.15, -0.1) is 0 Å². The third-order valence-corrected chi connectivity index (χ3v) is 6.71. The van der Waals surface area contributed by atoms with Crippen molar-refractivity contribution in [3.63, 3.8) is 0 Å². The topological polar surface area (TPSA) is 56.7 Å². The molecule has 1 aromatic rings. The number of rotatable bonds is 3. The summed E-state index contributed by atoms with van der Waals surface area (Å²) < 4.78 is 0. The minimum atomic E-state index is 0.000282. The van der Waals surface area contributed by atoms with Gasteiger partial charge in [-0.2, -0.15) is 0 Å². The van der Waals surface area contributed by atoms with Crippen LogP contribution in [-0.4, -0.2) is 16.4 Å². The van der Waals surface area contributed by atoms with Gasteiger partial charge < -0.3 is 11.1 Å². The predicted octanol–water partition coefficient (Wildman–Crippen LogP) is 3.08. The summed E-state index contributed by atoms with van der Waals surface area (Å²) in [5.41, 5.74) is 6.23. The van der Waals surface area contributed by atoms with Crippen LogP contribution >= 0.6 is 12.2 Å². The van der Waals surface area contributed by atoms with Crippen LogP contribution in [0.4, 0.5) is 0 Å². The second-order valence-electron chi connectivity index (χ2n) is 9.37. The molecule has 3 nitrogen and oxygen atoms in total. The molecule has 4 saturated carbocycles. The molecule has 1 aromatic carbocycles. The van der Waals surface area contributed by atoms with Crippen LogP contribution in [0.1, 0.15) is 68.3 Å². The normalized spacial score (nSPS) is 39.7. The highest BCUT2D eigenvalue weighted by Gasteiger charge is 2.60. The number of thiocarbonyl (C=S) groups is 1. The second kappa shape index (κ2) is 5.12. The number of carbonyl (C=O) groups is 1. The summed E-state index contributed by atoms with van der Waals surface area (Å²) in [6.45, 7) is 4.86. The van der Waals surface area contributed by atoms with E-state index in [1.54, 1.807) is 0 Å². The zero-order valence-corrected chi connectivity index (χ0v) is 15.5. The van der Waals surface area contributed by atoms with Gasteiger partial charge in [0, 0.05) is 16.7 Å². The molecule has 4 heteroatoms. The Morgan fingerprint density at radius 3 is 2.08 bits per heavy atom. The van der Waals surface area contributed by atoms with E-state index >= 15 is 0 Å². The summed E-state index contributed by atoms with van der Waals surface area (Å²) in [5.74, 6) is 0.841. The summed E-state index contributed by atoms with van der Waals surface area (Å²) in [4.78, 5) is 13.5. The second-order valence-corrected chi connectivity index (χ2v) is 9.86. The largest absolute Gasteiger partial charge is 0.347 e. The van der Waals surface area contributed by atoms with Crippen molar-refractivity contribution in [2.75, 3.05) is 0 Å². The third-order valence-electron chi connectivity index (χ3n) is 6.47. The summed E-state index contributed by atoms with van der Waals surface area (Å²) in [6.07, 6.45) is 7.44. The molecule has 4 aliphatic carbocycles. The van der Waals surface area contributed by atoms with Gasteiger partial charge in [-0.25, -0.2) is 0 Å². The average molecular weight is 344 g/mol. The molecule has 2 atom stereocenters. The standard InChI is InChI=1S/C20H26N2OS/c1-18-7-13-8-19(2,10-18)12-20(9-13,11-18)22-17(23)15-5-3-14(4-6-15)16(21)24/h3-6,13H,7-12H2,1-2H3,(H2,21,24)(H,22,23)/p+1. The highest BCUT2D eigenvalue weighted by molar-refractivity contribution is 7.80. The highest BCUT2D eigenvalue weighted by Crippen LogP contribution is 2.66. The van der Waals surface area contributed by atoms with Gasteiger partial charge in [-0.3, -0.25) is 4.79 Å². The molecule has 0 heterocycles. The van der Waals surface area contributed by atoms with E-state index in [1.165, 1.54) is 19.3 Å². The van der Waals surface area contributed by atoms with Gasteiger partial charge >= 0.3 is 0 Å². The van der Waals surface area contributed by atoms with E-state index in [1.807, 2.05) is 24.3 Å². The smallest absolute Gasteiger partial charge is 0.251 e. The Balaban J connectivity index is 1.56. The Labute approximate surface area is 149 Å². The molecule has 0 saturated heterocycles. The van der Waals surface area contributed by atoms with Crippen molar-refractivity contribution in [1.29, 1.82) is 0 Å². The average Bonchev–Trinajstić information content (AvgIpc) is 2.42. The number of hydrogen-bond donors (Lipinski definition) is 2. The van der Waals surface area contributed by atoms with Crippen LogP contribution in [0.25, 0.3) is 0 Å². The molecule has 4 aliphatic rings. The van der Waals surface area contributed by atoms with Gasteiger partial charge in [0.1, 0.15) is 0 Å². The summed E-state index contributed by atoms with van der Waals surface area (Å²) in [5, 5.41) is 3.45. The zero-order valence-electron chi connectivity index (χ0n) is 14.7. The van der Waals surface area contributed by atoms with Crippen LogP contribution in [0.2, 0.25) is 0 Å². The quantitative estimate of drug-likeness (QED) is 0.829. The lowest BCUT2D eigenvalue weighted by Gasteiger charge is -2.65. The fraction of sp³-hybridized carbons (Fsp3) is 0.600. The molecule has 128 valence electrons. The number of quaternary nitrogens is 1. The Morgan fingerprint density at radius 1 is 1.04 bits per heavy atom. The molecule has 4 N–H and O–H groups in total. The fourth-order valence-electron chi connectivity index (χ4n) is 6.71. The SMILES string of the molecule is CC12CC3CC(C)(C1)CC(NC(=O)c1ccc(C([NH3+])=S)cc1)(C3)C2. The van der Waals surface area contributed by atoms with Gasteiger partial charge in [-0.1, -0.05) is 13.8 Å². The Bertz CT molecular complexity index is 693. The highest BCUT2D eigenvalue weighted by atomic mass is 32.1. The molecule has 2 unspecified atom stereocenters. The molecule has 1 amide bonds. The van der Waals surface area contributed by atoms with E-state index in [2.05, 4.69) is 24.9 Å². The van der Waals surface area contributed by atoms with Gasteiger partial charge in [0.25, 0.3) is 5.91 Å². The minimum absolute atomic E-state index is 0.000282. The molecule has 5 rings (SSSR count). The van der Waals surface area contributed by atoms with Crippen molar-refractivity contribution in [3.05, 3.63) is 35.4 Å². The van der Waals surface area contributed by atoms with Crippen LogP contribution in [-0.2, 0) is 0 Å². The van der Waals surface area contributed by atoms with Gasteiger partial charge in [-0.05, 0) is 91.8 Å². The first-order valence-corrected chi connectivity index (χ1v) is 9.40. The van der Waals surface area contributed by atoms with Crippen molar-refractivity contribution in [2.45, 2.75) is 57.9 Å². The van der Waals surface area contributed by atoms with E-state index in [0.29, 0.717) is 15.8 Å². The Hall–Kier alpha value is -1.26. The van der Waals surface area contributed by atoms with Crippen molar-refractivity contribution >= 4 is 23.1 Å². The van der Waals surface area contributed by atoms with Crippen LogP contribution in [0, 0.1) is 16.7 Å². The van der Waals surface area contributed by atoms with Crippen molar-refractivity contribution in [2.24, 2.45) is 16.7 Å². The first-order chi connectivity index (χ1) is 11.2. The third kappa shape index (κ3) is 2.70. The molecule has 0 spiro atoms. The van der Waals surface area contributed by atoms with Gasteiger partial charge in [0.15, 0.2) is 0 Å². The summed E-state index contributed by atoms with van der Waals surface area (Å²) >= 11 is 5.09. The molecule has 0 radical (unpaired) electrons. The predicted molar refractivity (Wildman–Crippen MR) is 98.6 cm³/mol. The molecule has 4 bridgehead atoms. The van der Waals surface area contributed by atoms with Gasteiger partial charge in [0.05, 0.1) is 0 Å². The van der Waals surface area contributed by atoms with E-state index in [9.17, 15) is 4.79 Å². The lowest BCUT2D eigenvalue weighted by Crippen LogP contribution is -2.65. The van der Waals surface area contributed by atoms with E-state index in [4.69, 9.17) is 12.2 Å². The van der Waals surface area contributed by atoms with E-state index < -0.39 is 0 Å². The van der Waals surface area contributed by atoms with Gasteiger partial charge in [0.2, 0.25) is 4.99 Å². The first kappa shape index (κ1) is 16.2. The minimum Gasteiger partial charge on any atom is -0.347 e. The number of nitrogens with one attached hydrogen (secondary N) is 1. The first-order valence-electron chi connectivity index (χ1n) is 8.99. The molecule has 0 aliphatic heterocycles. The van der Waals surface area contributed by atoms with Crippen molar-refractivity contribution in [3.8, 4) is 0 Å². The monoisotopic (exact) mass is 343 g/mol. The van der Waals surface area contributed by atoms with Crippen LogP contribution in [0.3, 0.4) is 0 Å². The maximum atomic E-state index is 12.9. The summed E-state index contributed by atoms with van der Waals surface area (Å²) in [7, 11) is 0. The maximum absolute atomic E-state index is 12.9. The molecular weight excluding hydrogens is 316 g/mol. The molecule has 0 aromatic heterocycles. The van der Waals surface area contributed by atoms with Crippen molar-refractivity contribution in [1.82, 2.24) is 5.32 Å². The molecule has 4 fully saturated rings. The van der Waals surface area contributed by atoms with E-state index in [-0.39, 0.29) is 11.4 Å². The number of amides is 1. The van der Waals surface area contributed by atoms with Crippen LogP contribution < -0.4 is 11.1 Å². The molecule has 24 heavy (non-hydrogen) atoms. The Morgan fingerprint density at radius 2 is 1.58 bits per heavy atom. The fourth-order valence-corrected chi connectivity index (χ4v) is 6.84. The maximum Gasteiger partial charge on any atom is 0.251 e. The van der Waals surface area contributed by atoms with Crippen LogP contribution in [0.5, 0.6) is 0 Å². The lowest BCUT2D eigenvalue weighted by molar-refractivity contribution is -0.206. The molecular formula is C20H27N2OS+. The van der Waals surface area contributed by atoms with Crippen molar-refractivity contribution < 1.29 is 10.5 Å².